The second-order valence-electron chi connectivity index (χ2n) is 7.48. The van der Waals surface area contributed by atoms with E-state index in [2.05, 4.69) is 52.8 Å². The van der Waals surface area contributed by atoms with E-state index >= 15 is 0 Å². The topological polar surface area (TPSA) is 69.9 Å². The van der Waals surface area contributed by atoms with E-state index in [0.29, 0.717) is 18.8 Å². The van der Waals surface area contributed by atoms with E-state index in [1.807, 2.05) is 13.0 Å². The van der Waals surface area contributed by atoms with Crippen molar-refractivity contribution < 1.29 is 9.21 Å². The summed E-state index contributed by atoms with van der Waals surface area (Å²) in [6.07, 6.45) is 6.74. The highest BCUT2D eigenvalue weighted by atomic mass is 127. The van der Waals surface area contributed by atoms with Crippen LogP contribution in [0.1, 0.15) is 47.9 Å². The third-order valence-electron chi connectivity index (χ3n) is 5.16. The largest absolute Gasteiger partial charge is 0.459 e. The van der Waals surface area contributed by atoms with Crippen molar-refractivity contribution in [3.63, 3.8) is 0 Å². The lowest BCUT2D eigenvalue weighted by atomic mass is 10.0. The zero-order valence-electron chi connectivity index (χ0n) is 18.4. The molecule has 7 heteroatoms. The molecular weight excluding hydrogens is 503 g/mol. The molecule has 1 fully saturated rings. The summed E-state index contributed by atoms with van der Waals surface area (Å²) in [6.45, 7) is 7.99. The van der Waals surface area contributed by atoms with Crippen molar-refractivity contribution in [1.82, 2.24) is 15.5 Å². The number of piperidine rings is 1. The molecule has 0 aliphatic carbocycles. The zero-order chi connectivity index (χ0) is 21.2. The summed E-state index contributed by atoms with van der Waals surface area (Å²) in [5, 5.41) is 6.30. The van der Waals surface area contributed by atoms with Crippen LogP contribution >= 0.6 is 24.0 Å². The minimum absolute atomic E-state index is 0. The molecule has 2 heterocycles. The van der Waals surface area contributed by atoms with E-state index in [-0.39, 0.29) is 29.9 Å². The predicted octanol–water partition coefficient (Wildman–Crippen LogP) is 4.47. The molecule has 1 aliphatic heterocycles. The number of nitrogens with one attached hydrogen (secondary N) is 2. The SMILES string of the molecule is CCNC(=NCCCNC(=O)c1occc1C)N1CCC(=Cc2ccccc2)CC1.I. The van der Waals surface area contributed by atoms with E-state index < -0.39 is 0 Å². The van der Waals surface area contributed by atoms with Gasteiger partial charge in [-0.1, -0.05) is 42.0 Å². The fraction of sp³-hybridized carbons (Fsp3) is 0.417. The number of rotatable bonds is 7. The maximum absolute atomic E-state index is 12.1. The maximum Gasteiger partial charge on any atom is 0.287 e. The van der Waals surface area contributed by atoms with Crippen molar-refractivity contribution in [2.75, 3.05) is 32.7 Å². The Morgan fingerprint density at radius 1 is 1.16 bits per heavy atom. The molecule has 0 spiro atoms. The van der Waals surface area contributed by atoms with Crippen molar-refractivity contribution in [3.05, 3.63) is 65.1 Å². The number of amides is 1. The summed E-state index contributed by atoms with van der Waals surface area (Å²) < 4.78 is 5.22. The van der Waals surface area contributed by atoms with Crippen LogP contribution in [0.4, 0.5) is 0 Å². The van der Waals surface area contributed by atoms with Gasteiger partial charge in [0.25, 0.3) is 5.91 Å². The lowest BCUT2D eigenvalue weighted by Gasteiger charge is -2.31. The maximum atomic E-state index is 12.1. The number of likely N-dealkylation sites (tertiary alicyclic amines) is 1. The van der Waals surface area contributed by atoms with Crippen molar-refractivity contribution in [2.45, 2.75) is 33.1 Å². The van der Waals surface area contributed by atoms with Crippen LogP contribution in [0.25, 0.3) is 6.08 Å². The monoisotopic (exact) mass is 536 g/mol. The van der Waals surface area contributed by atoms with Gasteiger partial charge in [0.15, 0.2) is 11.7 Å². The van der Waals surface area contributed by atoms with Gasteiger partial charge in [-0.2, -0.15) is 0 Å². The van der Waals surface area contributed by atoms with Crippen molar-refractivity contribution in [2.24, 2.45) is 4.99 Å². The van der Waals surface area contributed by atoms with Gasteiger partial charge in [0, 0.05) is 38.3 Å². The van der Waals surface area contributed by atoms with E-state index in [9.17, 15) is 4.79 Å². The second kappa shape index (κ2) is 13.2. The van der Waals surface area contributed by atoms with Gasteiger partial charge in [-0.25, -0.2) is 0 Å². The summed E-state index contributed by atoms with van der Waals surface area (Å²) in [4.78, 5) is 19.2. The molecule has 0 unspecified atom stereocenters. The van der Waals surface area contributed by atoms with Crippen molar-refractivity contribution in [3.8, 4) is 0 Å². The summed E-state index contributed by atoms with van der Waals surface area (Å²) in [5.74, 6) is 1.19. The summed E-state index contributed by atoms with van der Waals surface area (Å²) in [6, 6.07) is 12.3. The third kappa shape index (κ3) is 7.72. The first kappa shape index (κ1) is 25.0. The first-order chi connectivity index (χ1) is 14.7. The molecule has 1 aromatic carbocycles. The Kier molecular flexibility index (Phi) is 10.6. The first-order valence-electron chi connectivity index (χ1n) is 10.8. The average Bonchev–Trinajstić information content (AvgIpc) is 3.20. The van der Waals surface area contributed by atoms with E-state index in [1.165, 1.54) is 17.4 Å². The molecule has 2 N–H and O–H groups in total. The Morgan fingerprint density at radius 2 is 1.90 bits per heavy atom. The van der Waals surface area contributed by atoms with Crippen LogP contribution < -0.4 is 10.6 Å². The van der Waals surface area contributed by atoms with Crippen LogP contribution in [-0.2, 0) is 0 Å². The standard InChI is InChI=1S/C24H32N4O2.HI/c1-3-25-24(27-14-7-13-26-23(29)22-19(2)12-17-30-22)28-15-10-21(11-16-28)18-20-8-5-4-6-9-20;/h4-6,8-9,12,17-18H,3,7,10-11,13-16H2,1-2H3,(H,25,27)(H,26,29);1H. The van der Waals surface area contributed by atoms with Gasteiger partial charge in [-0.3, -0.25) is 9.79 Å². The number of furan rings is 1. The zero-order valence-corrected chi connectivity index (χ0v) is 20.7. The van der Waals surface area contributed by atoms with Gasteiger partial charge in [-0.15, -0.1) is 24.0 Å². The predicted molar refractivity (Wildman–Crippen MR) is 137 cm³/mol. The molecule has 168 valence electrons. The highest BCUT2D eigenvalue weighted by Gasteiger charge is 2.17. The molecule has 2 aromatic rings. The number of guanidine groups is 1. The molecule has 31 heavy (non-hydrogen) atoms. The van der Waals surface area contributed by atoms with E-state index in [1.54, 1.807) is 6.07 Å². The van der Waals surface area contributed by atoms with Gasteiger partial charge in [0.05, 0.1) is 6.26 Å². The highest BCUT2D eigenvalue weighted by Crippen LogP contribution is 2.19. The van der Waals surface area contributed by atoms with Crippen LogP contribution in [0, 0.1) is 6.92 Å². The van der Waals surface area contributed by atoms with Gasteiger partial charge in [-0.05, 0) is 44.7 Å². The fourth-order valence-electron chi connectivity index (χ4n) is 3.51. The van der Waals surface area contributed by atoms with Crippen LogP contribution in [0.2, 0.25) is 0 Å². The number of nitrogens with zero attached hydrogens (tertiary/aromatic N) is 2. The summed E-state index contributed by atoms with van der Waals surface area (Å²) in [5.41, 5.74) is 3.61. The molecule has 1 aliphatic rings. The molecule has 0 radical (unpaired) electrons. The lowest BCUT2D eigenvalue weighted by molar-refractivity contribution is 0.0925. The Balaban J connectivity index is 0.00000341. The Bertz CT molecular complexity index is 867. The van der Waals surface area contributed by atoms with Crippen LogP contribution in [0.3, 0.4) is 0 Å². The van der Waals surface area contributed by atoms with Crippen LogP contribution in [0.15, 0.2) is 57.6 Å². The molecular formula is C24H33IN4O2. The molecule has 0 bridgehead atoms. The number of carbonyl (C=O) groups is 1. The van der Waals surface area contributed by atoms with Crippen LogP contribution in [0.5, 0.6) is 0 Å². The lowest BCUT2D eigenvalue weighted by Crippen LogP contribution is -2.44. The number of benzene rings is 1. The Morgan fingerprint density at radius 3 is 2.55 bits per heavy atom. The molecule has 6 nitrogen and oxygen atoms in total. The van der Waals surface area contributed by atoms with Crippen LogP contribution in [-0.4, -0.2) is 49.5 Å². The van der Waals surface area contributed by atoms with E-state index in [4.69, 9.17) is 9.41 Å². The normalized spacial score (nSPS) is 14.1. The van der Waals surface area contributed by atoms with Crippen molar-refractivity contribution in [1.29, 1.82) is 0 Å². The minimum Gasteiger partial charge on any atom is -0.459 e. The number of carbonyl (C=O) groups excluding carboxylic acids is 1. The molecule has 3 rings (SSSR count). The number of aliphatic imine (C=N–C) groups is 1. The third-order valence-corrected chi connectivity index (χ3v) is 5.16. The minimum atomic E-state index is -0.165. The first-order valence-corrected chi connectivity index (χ1v) is 10.8. The number of hydrogen-bond donors (Lipinski definition) is 2. The van der Waals surface area contributed by atoms with Gasteiger partial charge >= 0.3 is 0 Å². The van der Waals surface area contributed by atoms with Gasteiger partial charge in [0.1, 0.15) is 0 Å². The van der Waals surface area contributed by atoms with Gasteiger partial charge in [0.2, 0.25) is 0 Å². The summed E-state index contributed by atoms with van der Waals surface area (Å²) in [7, 11) is 0. The van der Waals surface area contributed by atoms with E-state index in [0.717, 1.165) is 50.4 Å². The number of halogens is 1. The quantitative estimate of drug-likeness (QED) is 0.237. The smallest absolute Gasteiger partial charge is 0.287 e. The molecule has 1 amide bonds. The number of aryl methyl sites for hydroxylation is 1. The Hall–Kier alpha value is -2.29. The fourth-order valence-corrected chi connectivity index (χ4v) is 3.51. The molecule has 1 saturated heterocycles. The molecule has 0 atom stereocenters. The molecule has 1 aromatic heterocycles. The average molecular weight is 536 g/mol. The van der Waals surface area contributed by atoms with Crippen molar-refractivity contribution >= 4 is 41.9 Å². The summed E-state index contributed by atoms with van der Waals surface area (Å²) >= 11 is 0. The number of hydrogen-bond acceptors (Lipinski definition) is 3. The highest BCUT2D eigenvalue weighted by molar-refractivity contribution is 14.0. The Labute approximate surface area is 202 Å². The second-order valence-corrected chi connectivity index (χ2v) is 7.48. The van der Waals surface area contributed by atoms with Gasteiger partial charge < -0.3 is 20.0 Å². The molecule has 0 saturated carbocycles.